The van der Waals surface area contributed by atoms with Crippen LogP contribution in [-0.4, -0.2) is 45.4 Å². The van der Waals surface area contributed by atoms with Crippen molar-refractivity contribution in [3.63, 3.8) is 0 Å². The summed E-state index contributed by atoms with van der Waals surface area (Å²) in [6.07, 6.45) is 6.31. The van der Waals surface area contributed by atoms with Crippen molar-refractivity contribution in [3.05, 3.63) is 0 Å². The normalized spacial score (nSPS) is 34.4. The van der Waals surface area contributed by atoms with Crippen molar-refractivity contribution < 1.29 is 33.7 Å². The second kappa shape index (κ2) is 11.8. The molecule has 1 saturated heterocycles. The number of ether oxygens (including phenoxy) is 3. The topological polar surface area (TPSA) is 99.1 Å². The first-order valence-corrected chi connectivity index (χ1v) is 14.1. The highest BCUT2D eigenvalue weighted by Crippen LogP contribution is 2.65. The Morgan fingerprint density at radius 3 is 1.85 bits per heavy atom. The summed E-state index contributed by atoms with van der Waals surface area (Å²) in [6, 6.07) is 0. The molecule has 4 aliphatic carbocycles. The molecule has 0 radical (unpaired) electrons. The Morgan fingerprint density at radius 1 is 0.927 bits per heavy atom. The molecule has 1 N–H and O–H groups in total. The molecule has 242 valence electrons. The highest BCUT2D eigenvalue weighted by molar-refractivity contribution is 5.82. The minimum absolute atomic E-state index is 0. The van der Waals surface area contributed by atoms with Gasteiger partial charge in [-0.25, -0.2) is 0 Å². The molecular weight excluding hydrogens is 520 g/mol. The predicted octanol–water partition coefficient (Wildman–Crippen LogP) is 8.04. The lowest BCUT2D eigenvalue weighted by Gasteiger charge is -2.64. The lowest BCUT2D eigenvalue weighted by molar-refractivity contribution is -0.237. The fourth-order valence-corrected chi connectivity index (χ4v) is 8.19. The molecule has 7 heteroatoms. The molecule has 0 aromatic carbocycles. The largest absolute Gasteiger partial charge is 0.459 e. The average molecular weight is 585 g/mol. The van der Waals surface area contributed by atoms with Crippen molar-refractivity contribution in [2.45, 2.75) is 172 Å². The second-order valence-corrected chi connectivity index (χ2v) is 15.1. The van der Waals surface area contributed by atoms with E-state index in [4.69, 9.17) is 14.2 Å². The van der Waals surface area contributed by atoms with Crippen LogP contribution in [0.5, 0.6) is 0 Å². The number of cyclic esters (lactones) is 1. The van der Waals surface area contributed by atoms with Crippen LogP contribution < -0.4 is 0 Å². The molecule has 0 aromatic heterocycles. The van der Waals surface area contributed by atoms with Gasteiger partial charge in [0.2, 0.25) is 0 Å². The van der Waals surface area contributed by atoms with Gasteiger partial charge in [-0.3, -0.25) is 14.4 Å². The SMILES string of the molecule is C.C.C.C.CCC(C)(CC(C)(C)C(=O)OC1(C)CC(=O)OC1(C)C)C(=O)OC(C)(C)C12CC3CC(CC(O)(C3)C1)C2. The van der Waals surface area contributed by atoms with Crippen molar-refractivity contribution in [3.8, 4) is 0 Å². The maximum absolute atomic E-state index is 13.8. The highest BCUT2D eigenvalue weighted by Gasteiger charge is 2.64. The van der Waals surface area contributed by atoms with Gasteiger partial charge in [-0.2, -0.15) is 0 Å². The summed E-state index contributed by atoms with van der Waals surface area (Å²) in [6.45, 7) is 16.6. The highest BCUT2D eigenvalue weighted by atomic mass is 16.6. The predicted molar refractivity (Wildman–Crippen MR) is 165 cm³/mol. The Balaban J connectivity index is 0.00000400. The van der Waals surface area contributed by atoms with E-state index in [1.807, 2.05) is 27.7 Å². The van der Waals surface area contributed by atoms with Crippen LogP contribution in [-0.2, 0) is 28.6 Å². The molecule has 1 aliphatic heterocycles. The summed E-state index contributed by atoms with van der Waals surface area (Å²) >= 11 is 0. The first-order chi connectivity index (χ1) is 16.7. The van der Waals surface area contributed by atoms with E-state index in [2.05, 4.69) is 0 Å². The van der Waals surface area contributed by atoms with E-state index in [0.29, 0.717) is 24.7 Å². The van der Waals surface area contributed by atoms with Crippen molar-refractivity contribution >= 4 is 17.9 Å². The number of hydrogen-bond donors (Lipinski definition) is 1. The molecule has 0 aromatic rings. The summed E-state index contributed by atoms with van der Waals surface area (Å²) in [5, 5.41) is 11.3. The van der Waals surface area contributed by atoms with E-state index in [-0.39, 0.29) is 53.9 Å². The van der Waals surface area contributed by atoms with Gasteiger partial charge in [0.25, 0.3) is 0 Å². The van der Waals surface area contributed by atoms with Gasteiger partial charge in [0.05, 0.1) is 22.9 Å². The number of hydrogen-bond acceptors (Lipinski definition) is 7. The Kier molecular flexibility index (Phi) is 11.3. The minimum Gasteiger partial charge on any atom is -0.459 e. The molecule has 4 bridgehead atoms. The van der Waals surface area contributed by atoms with E-state index < -0.39 is 45.2 Å². The van der Waals surface area contributed by atoms with Gasteiger partial charge in [0, 0.05) is 5.41 Å². The zero-order valence-corrected chi connectivity index (χ0v) is 24.4. The molecule has 4 unspecified atom stereocenters. The van der Waals surface area contributed by atoms with Gasteiger partial charge >= 0.3 is 17.9 Å². The lowest BCUT2D eigenvalue weighted by Crippen LogP contribution is -2.63. The van der Waals surface area contributed by atoms with Crippen LogP contribution in [0.3, 0.4) is 0 Å². The second-order valence-electron chi connectivity index (χ2n) is 15.1. The minimum atomic E-state index is -1.08. The molecule has 5 fully saturated rings. The van der Waals surface area contributed by atoms with Crippen LogP contribution in [0.1, 0.15) is 150 Å². The van der Waals surface area contributed by atoms with Gasteiger partial charge in [-0.05, 0) is 119 Å². The molecule has 1 heterocycles. The Labute approximate surface area is 251 Å². The maximum Gasteiger partial charge on any atom is 0.312 e. The Hall–Kier alpha value is -1.63. The van der Waals surface area contributed by atoms with Crippen LogP contribution >= 0.6 is 0 Å². The molecule has 41 heavy (non-hydrogen) atoms. The molecule has 7 nitrogen and oxygen atoms in total. The number of esters is 3. The summed E-state index contributed by atoms with van der Waals surface area (Å²) in [4.78, 5) is 39.2. The van der Waals surface area contributed by atoms with Crippen LogP contribution in [0.25, 0.3) is 0 Å². The fraction of sp³-hybridized carbons (Fsp3) is 0.912. The third-order valence-electron chi connectivity index (χ3n) is 10.8. The summed E-state index contributed by atoms with van der Waals surface area (Å²) in [5.41, 5.74) is -5.50. The number of carbonyl (C=O) groups is 3. The summed E-state index contributed by atoms with van der Waals surface area (Å²) < 4.78 is 17.7. The summed E-state index contributed by atoms with van der Waals surface area (Å²) in [7, 11) is 0. The van der Waals surface area contributed by atoms with E-state index in [1.54, 1.807) is 34.6 Å². The van der Waals surface area contributed by atoms with Gasteiger partial charge in [-0.1, -0.05) is 36.6 Å². The molecule has 0 spiro atoms. The van der Waals surface area contributed by atoms with Gasteiger partial charge in [0.1, 0.15) is 11.2 Å². The zero-order valence-electron chi connectivity index (χ0n) is 24.4. The van der Waals surface area contributed by atoms with E-state index in [0.717, 1.165) is 25.7 Å². The third kappa shape index (κ3) is 6.65. The van der Waals surface area contributed by atoms with Crippen LogP contribution in [0.4, 0.5) is 0 Å². The number of aliphatic hydroxyl groups is 1. The average Bonchev–Trinajstić information content (AvgIpc) is 2.90. The molecule has 5 aliphatic rings. The number of carbonyl (C=O) groups excluding carboxylic acids is 3. The molecule has 5 rings (SSSR count). The van der Waals surface area contributed by atoms with Crippen molar-refractivity contribution in [1.82, 2.24) is 0 Å². The molecule has 4 saturated carbocycles. The Bertz CT molecular complexity index is 966. The van der Waals surface area contributed by atoms with E-state index in [1.165, 1.54) is 6.42 Å². The zero-order chi connectivity index (χ0) is 27.9. The standard InChI is InChI=1S/C30H48O7.4CH4/c1-10-27(8,17-24(2,3)22(32)37-28(9)16-21(31)35-25(28,4)5)23(33)36-26(6,7)29-12-19-11-20(13-29)15-30(34,14-19)18-29;;;;/h19-20,34H,10-18H2,1-9H3;4*1H4. The fourth-order valence-electron chi connectivity index (χ4n) is 8.19. The van der Waals surface area contributed by atoms with E-state index >= 15 is 0 Å². The van der Waals surface area contributed by atoms with Crippen LogP contribution in [0.2, 0.25) is 0 Å². The quantitative estimate of drug-likeness (QED) is 0.228. The molecular formula is C34H64O7. The van der Waals surface area contributed by atoms with Crippen LogP contribution in [0, 0.1) is 28.1 Å². The monoisotopic (exact) mass is 584 g/mol. The van der Waals surface area contributed by atoms with Gasteiger partial charge < -0.3 is 19.3 Å². The number of rotatable bonds is 8. The van der Waals surface area contributed by atoms with Crippen molar-refractivity contribution in [2.75, 3.05) is 0 Å². The van der Waals surface area contributed by atoms with Crippen molar-refractivity contribution in [2.24, 2.45) is 28.1 Å². The van der Waals surface area contributed by atoms with E-state index in [9.17, 15) is 19.5 Å². The van der Waals surface area contributed by atoms with Gasteiger partial charge in [0.15, 0.2) is 5.60 Å². The first kappa shape index (κ1) is 39.4. The first-order valence-electron chi connectivity index (χ1n) is 14.1. The summed E-state index contributed by atoms with van der Waals surface area (Å²) in [5.74, 6) is -0.178. The molecule has 0 amide bonds. The smallest absolute Gasteiger partial charge is 0.312 e. The van der Waals surface area contributed by atoms with Gasteiger partial charge in [-0.15, -0.1) is 0 Å². The Morgan fingerprint density at radius 2 is 1.44 bits per heavy atom. The van der Waals surface area contributed by atoms with Crippen molar-refractivity contribution in [1.29, 1.82) is 0 Å². The molecule has 4 atom stereocenters. The third-order valence-corrected chi connectivity index (χ3v) is 10.8. The maximum atomic E-state index is 13.8. The lowest BCUT2D eigenvalue weighted by atomic mass is 9.44. The van der Waals surface area contributed by atoms with Crippen LogP contribution in [0.15, 0.2) is 0 Å².